The van der Waals surface area contributed by atoms with Crippen molar-refractivity contribution in [2.24, 2.45) is 0 Å². The number of imidazole rings is 1. The van der Waals surface area contributed by atoms with Gasteiger partial charge in [0.05, 0.1) is 22.6 Å². The number of nitrogens with one attached hydrogen (secondary N) is 2. The van der Waals surface area contributed by atoms with Crippen LogP contribution in [0.2, 0.25) is 10.0 Å². The molecule has 3 aromatic carbocycles. The molecule has 0 atom stereocenters. The van der Waals surface area contributed by atoms with Crippen LogP contribution in [-0.2, 0) is 19.6 Å². The zero-order valence-electron chi connectivity index (χ0n) is 18.1. The Morgan fingerprint density at radius 2 is 1.94 bits per heavy atom. The van der Waals surface area contributed by atoms with Gasteiger partial charge in [-0.15, -0.1) is 0 Å². The summed E-state index contributed by atoms with van der Waals surface area (Å²) in [6, 6.07) is 17.5. The van der Waals surface area contributed by atoms with Crippen molar-refractivity contribution in [3.63, 3.8) is 0 Å². The van der Waals surface area contributed by atoms with Crippen molar-refractivity contribution >= 4 is 50.2 Å². The van der Waals surface area contributed by atoms with Crippen LogP contribution in [0.3, 0.4) is 0 Å². The molecule has 2 N–H and O–H groups in total. The summed E-state index contributed by atoms with van der Waals surface area (Å²) in [7, 11) is 1.63. The van der Waals surface area contributed by atoms with E-state index < -0.39 is 0 Å². The molecule has 0 aliphatic carbocycles. The number of hydrogen-bond acceptors (Lipinski definition) is 4. The number of halogens is 3. The lowest BCUT2D eigenvalue weighted by Gasteiger charge is -2.15. The van der Waals surface area contributed by atoms with Gasteiger partial charge in [0.15, 0.2) is 11.5 Å². The van der Waals surface area contributed by atoms with E-state index in [1.54, 1.807) is 19.2 Å². The summed E-state index contributed by atoms with van der Waals surface area (Å²) in [6.07, 6.45) is 1.88. The first-order valence-electron chi connectivity index (χ1n) is 10.6. The summed E-state index contributed by atoms with van der Waals surface area (Å²) in [5.74, 6) is 2.32. The Morgan fingerprint density at radius 3 is 2.73 bits per heavy atom. The standard InChI is InChI=1S/C25H24BrCl2N3O2/c1-32-23-12-16(11-19(26)25(23)33-15-17-8-9-18(27)13-20(17)28)14-29-10-4-7-24-30-21-5-2-3-6-22(21)31-24/h2-3,5-6,8-9,11-13,29H,4,7,10,14-15H2,1H3,(H,30,31). The highest BCUT2D eigenvalue weighted by Gasteiger charge is 2.13. The fraction of sp³-hybridized carbons (Fsp3) is 0.240. The number of fused-ring (bicyclic) bond motifs is 1. The van der Waals surface area contributed by atoms with E-state index in [1.807, 2.05) is 42.5 Å². The van der Waals surface area contributed by atoms with Crippen LogP contribution in [0.25, 0.3) is 11.0 Å². The molecule has 1 heterocycles. The molecule has 0 saturated heterocycles. The van der Waals surface area contributed by atoms with E-state index in [0.29, 0.717) is 28.2 Å². The van der Waals surface area contributed by atoms with Gasteiger partial charge >= 0.3 is 0 Å². The van der Waals surface area contributed by atoms with E-state index in [9.17, 15) is 0 Å². The number of nitrogens with zero attached hydrogens (tertiary/aromatic N) is 1. The molecule has 0 saturated carbocycles. The Hall–Kier alpha value is -2.25. The number of methoxy groups -OCH3 is 1. The highest BCUT2D eigenvalue weighted by atomic mass is 79.9. The quantitative estimate of drug-likeness (QED) is 0.211. The van der Waals surface area contributed by atoms with Gasteiger partial charge in [0.2, 0.25) is 0 Å². The van der Waals surface area contributed by atoms with Gasteiger partial charge in [-0.3, -0.25) is 0 Å². The van der Waals surface area contributed by atoms with Crippen LogP contribution in [0.4, 0.5) is 0 Å². The van der Waals surface area contributed by atoms with Crippen LogP contribution in [0.1, 0.15) is 23.4 Å². The topological polar surface area (TPSA) is 59.2 Å². The van der Waals surface area contributed by atoms with Crippen molar-refractivity contribution in [2.45, 2.75) is 26.0 Å². The third-order valence-corrected chi connectivity index (χ3v) is 6.39. The van der Waals surface area contributed by atoms with Gasteiger partial charge in [-0.25, -0.2) is 4.98 Å². The summed E-state index contributed by atoms with van der Waals surface area (Å²) in [5, 5.41) is 4.65. The number of hydrogen-bond donors (Lipinski definition) is 2. The van der Waals surface area contributed by atoms with Gasteiger partial charge in [-0.05, 0) is 70.9 Å². The minimum atomic E-state index is 0.310. The summed E-state index contributed by atoms with van der Waals surface area (Å²) in [6.45, 7) is 1.91. The minimum absolute atomic E-state index is 0.310. The second-order valence-electron chi connectivity index (χ2n) is 7.61. The van der Waals surface area contributed by atoms with E-state index in [1.165, 1.54) is 0 Å². The maximum absolute atomic E-state index is 6.26. The summed E-state index contributed by atoms with van der Waals surface area (Å²) < 4.78 is 12.4. The molecule has 172 valence electrons. The van der Waals surface area contributed by atoms with Crippen molar-refractivity contribution in [3.8, 4) is 11.5 Å². The molecule has 0 radical (unpaired) electrons. The first kappa shape index (κ1) is 23.9. The first-order valence-corrected chi connectivity index (χ1v) is 12.2. The number of aryl methyl sites for hydroxylation is 1. The van der Waals surface area contributed by atoms with Crippen LogP contribution in [0.15, 0.2) is 59.1 Å². The zero-order chi connectivity index (χ0) is 23.2. The maximum Gasteiger partial charge on any atom is 0.175 e. The van der Waals surface area contributed by atoms with Crippen LogP contribution in [-0.4, -0.2) is 23.6 Å². The van der Waals surface area contributed by atoms with Gasteiger partial charge in [0.1, 0.15) is 12.4 Å². The monoisotopic (exact) mass is 547 g/mol. The molecule has 0 spiro atoms. The normalized spacial score (nSPS) is 11.2. The molecule has 0 aliphatic rings. The van der Waals surface area contributed by atoms with Crippen LogP contribution in [0, 0.1) is 0 Å². The van der Waals surface area contributed by atoms with Gasteiger partial charge < -0.3 is 19.8 Å². The molecule has 0 bridgehead atoms. The van der Waals surface area contributed by atoms with Crippen LogP contribution < -0.4 is 14.8 Å². The Bertz CT molecular complexity index is 1210. The average Bonchev–Trinajstić information content (AvgIpc) is 3.21. The molecule has 0 fully saturated rings. The number of rotatable bonds is 10. The second-order valence-corrected chi connectivity index (χ2v) is 9.31. The number of para-hydroxylation sites is 2. The molecule has 5 nitrogen and oxygen atoms in total. The Kier molecular flexibility index (Phi) is 8.15. The average molecular weight is 549 g/mol. The molecule has 4 aromatic rings. The minimum Gasteiger partial charge on any atom is -0.493 e. The fourth-order valence-corrected chi connectivity index (χ4v) is 4.61. The lowest BCUT2D eigenvalue weighted by atomic mass is 10.2. The number of H-pyrrole nitrogens is 1. The molecule has 8 heteroatoms. The van der Waals surface area contributed by atoms with E-state index in [2.05, 4.69) is 31.2 Å². The van der Waals surface area contributed by atoms with E-state index in [0.717, 1.165) is 58.4 Å². The Labute approximate surface area is 211 Å². The van der Waals surface area contributed by atoms with Gasteiger partial charge in [-0.1, -0.05) is 41.4 Å². The smallest absolute Gasteiger partial charge is 0.175 e. The van der Waals surface area contributed by atoms with Crippen molar-refractivity contribution in [3.05, 3.63) is 86.1 Å². The van der Waals surface area contributed by atoms with Gasteiger partial charge in [0, 0.05) is 28.6 Å². The Balaban J connectivity index is 1.30. The number of aromatic nitrogens is 2. The molecular formula is C25H24BrCl2N3O2. The highest BCUT2D eigenvalue weighted by Crippen LogP contribution is 2.37. The summed E-state index contributed by atoms with van der Waals surface area (Å²) in [5.41, 5.74) is 4.04. The molecule has 0 amide bonds. The van der Waals surface area contributed by atoms with E-state index in [-0.39, 0.29) is 0 Å². The predicted molar refractivity (Wildman–Crippen MR) is 138 cm³/mol. The molecule has 1 aromatic heterocycles. The highest BCUT2D eigenvalue weighted by molar-refractivity contribution is 9.10. The van der Waals surface area contributed by atoms with E-state index >= 15 is 0 Å². The molecule has 0 aliphatic heterocycles. The van der Waals surface area contributed by atoms with Crippen molar-refractivity contribution in [2.75, 3.05) is 13.7 Å². The second kappa shape index (κ2) is 11.3. The third-order valence-electron chi connectivity index (χ3n) is 5.21. The fourth-order valence-electron chi connectivity index (χ4n) is 3.54. The Morgan fingerprint density at radius 1 is 1.09 bits per heavy atom. The van der Waals surface area contributed by atoms with Crippen LogP contribution in [0.5, 0.6) is 11.5 Å². The predicted octanol–water partition coefficient (Wildman–Crippen LogP) is 6.94. The zero-order valence-corrected chi connectivity index (χ0v) is 21.2. The van der Waals surface area contributed by atoms with Crippen molar-refractivity contribution < 1.29 is 9.47 Å². The van der Waals surface area contributed by atoms with Crippen molar-refractivity contribution in [1.82, 2.24) is 15.3 Å². The van der Waals surface area contributed by atoms with Crippen molar-refractivity contribution in [1.29, 1.82) is 0 Å². The lowest BCUT2D eigenvalue weighted by Crippen LogP contribution is -2.15. The summed E-state index contributed by atoms with van der Waals surface area (Å²) in [4.78, 5) is 8.00. The third kappa shape index (κ3) is 6.21. The SMILES string of the molecule is COc1cc(CNCCCc2nc3ccccc3[nH]2)cc(Br)c1OCc1ccc(Cl)cc1Cl. The molecular weight excluding hydrogens is 525 g/mol. The lowest BCUT2D eigenvalue weighted by molar-refractivity contribution is 0.282. The van der Waals surface area contributed by atoms with Gasteiger partial charge in [0.25, 0.3) is 0 Å². The van der Waals surface area contributed by atoms with Crippen LogP contribution >= 0.6 is 39.1 Å². The van der Waals surface area contributed by atoms with Gasteiger partial charge in [-0.2, -0.15) is 0 Å². The number of aromatic amines is 1. The molecule has 0 unspecified atom stereocenters. The largest absolute Gasteiger partial charge is 0.493 e. The number of ether oxygens (including phenoxy) is 2. The number of benzene rings is 3. The first-order chi connectivity index (χ1) is 16.0. The van der Waals surface area contributed by atoms with E-state index in [4.69, 9.17) is 32.7 Å². The maximum atomic E-state index is 6.26. The molecule has 4 rings (SSSR count). The summed E-state index contributed by atoms with van der Waals surface area (Å²) >= 11 is 15.8. The molecule has 33 heavy (non-hydrogen) atoms.